The van der Waals surface area contributed by atoms with Gasteiger partial charge >= 0.3 is 0 Å². The van der Waals surface area contributed by atoms with Crippen molar-refractivity contribution < 1.29 is 0 Å². The Bertz CT molecular complexity index is 293. The van der Waals surface area contributed by atoms with E-state index >= 15 is 0 Å². The minimum absolute atomic E-state index is 0.367. The molecule has 1 aromatic rings. The maximum Gasteiger partial charge on any atom is 0.0222 e. The Morgan fingerprint density at radius 1 is 1.31 bits per heavy atom. The van der Waals surface area contributed by atoms with E-state index < -0.39 is 0 Å². The molecule has 0 aliphatic heterocycles. The van der Waals surface area contributed by atoms with Gasteiger partial charge in [0.2, 0.25) is 0 Å². The van der Waals surface area contributed by atoms with Crippen molar-refractivity contribution in [2.24, 2.45) is 0 Å². The molecule has 1 rings (SSSR count). The van der Waals surface area contributed by atoms with E-state index in [2.05, 4.69) is 49.9 Å². The molecule has 1 atom stereocenters. The van der Waals surface area contributed by atoms with Crippen molar-refractivity contribution in [1.29, 1.82) is 0 Å². The van der Waals surface area contributed by atoms with Crippen LogP contribution in [0.3, 0.4) is 0 Å². The highest BCUT2D eigenvalue weighted by Crippen LogP contribution is 2.23. The van der Waals surface area contributed by atoms with Crippen LogP contribution in [0.25, 0.3) is 0 Å². The fourth-order valence-electron chi connectivity index (χ4n) is 1.41. The van der Waals surface area contributed by atoms with Crippen molar-refractivity contribution >= 4 is 0 Å². The normalized spacial score (nSPS) is 13.1. The molecule has 1 aromatic carbocycles. The Morgan fingerprint density at radius 2 is 1.92 bits per heavy atom. The molecule has 0 saturated carbocycles. The first-order valence-electron chi connectivity index (χ1n) is 4.59. The topological polar surface area (TPSA) is 0 Å². The SMILES string of the molecule is C=C(C)[C@H](/C=C\C)c1ccccc1. The third-order valence-corrected chi connectivity index (χ3v) is 2.07. The lowest BCUT2D eigenvalue weighted by Gasteiger charge is -2.12. The lowest BCUT2D eigenvalue weighted by molar-refractivity contribution is 0.994. The summed E-state index contributed by atoms with van der Waals surface area (Å²) in [5.41, 5.74) is 2.50. The average Bonchev–Trinajstić information content (AvgIpc) is 2.15. The molecule has 0 N–H and O–H groups in total. The first kappa shape index (κ1) is 9.79. The molecule has 0 fully saturated rings. The standard InChI is InChI=1S/C13H16/c1-4-8-13(11(2)3)12-9-6-5-7-10-12/h4-10,13H,2H2,1,3H3/b8-4-/t13-/m0/s1. The van der Waals surface area contributed by atoms with Gasteiger partial charge < -0.3 is 0 Å². The predicted octanol–water partition coefficient (Wildman–Crippen LogP) is 3.92. The molecular formula is C13H16. The second-order valence-electron chi connectivity index (χ2n) is 3.26. The molecule has 0 aliphatic rings. The zero-order valence-corrected chi connectivity index (χ0v) is 8.33. The molecule has 13 heavy (non-hydrogen) atoms. The van der Waals surface area contributed by atoms with Gasteiger partial charge in [0.15, 0.2) is 0 Å². The Morgan fingerprint density at radius 3 is 2.38 bits per heavy atom. The maximum absolute atomic E-state index is 4.00. The molecule has 0 radical (unpaired) electrons. The molecule has 0 spiro atoms. The van der Waals surface area contributed by atoms with Crippen LogP contribution in [0, 0.1) is 0 Å². The van der Waals surface area contributed by atoms with Crippen molar-refractivity contribution in [2.75, 3.05) is 0 Å². The second-order valence-corrected chi connectivity index (χ2v) is 3.26. The molecule has 68 valence electrons. The molecular weight excluding hydrogens is 156 g/mol. The summed E-state index contributed by atoms with van der Waals surface area (Å²) in [5, 5.41) is 0. The molecule has 0 heteroatoms. The zero-order chi connectivity index (χ0) is 9.68. The Balaban J connectivity index is 2.96. The maximum atomic E-state index is 4.00. The van der Waals surface area contributed by atoms with E-state index in [1.54, 1.807) is 0 Å². The molecule has 0 unspecified atom stereocenters. The molecule has 0 aliphatic carbocycles. The number of hydrogen-bond acceptors (Lipinski definition) is 0. The van der Waals surface area contributed by atoms with Gasteiger partial charge in [0.25, 0.3) is 0 Å². The lowest BCUT2D eigenvalue weighted by Crippen LogP contribution is -1.94. The minimum atomic E-state index is 0.367. The number of hydrogen-bond donors (Lipinski definition) is 0. The smallest absolute Gasteiger partial charge is 0.0222 e. The number of benzene rings is 1. The van der Waals surface area contributed by atoms with E-state index in [-0.39, 0.29) is 0 Å². The summed E-state index contributed by atoms with van der Waals surface area (Å²) in [6, 6.07) is 10.4. The number of allylic oxidation sites excluding steroid dienone is 3. The summed E-state index contributed by atoms with van der Waals surface area (Å²) in [4.78, 5) is 0. The van der Waals surface area contributed by atoms with Gasteiger partial charge in [-0.2, -0.15) is 0 Å². The van der Waals surface area contributed by atoms with E-state index in [0.717, 1.165) is 0 Å². The zero-order valence-electron chi connectivity index (χ0n) is 8.33. The summed E-state index contributed by atoms with van der Waals surface area (Å²) >= 11 is 0. The van der Waals surface area contributed by atoms with Crippen molar-refractivity contribution in [3.05, 3.63) is 60.2 Å². The fraction of sp³-hybridized carbons (Fsp3) is 0.231. The van der Waals surface area contributed by atoms with Crippen LogP contribution in [0.1, 0.15) is 25.3 Å². The van der Waals surface area contributed by atoms with Gasteiger partial charge in [0.1, 0.15) is 0 Å². The van der Waals surface area contributed by atoms with Gasteiger partial charge in [-0.3, -0.25) is 0 Å². The van der Waals surface area contributed by atoms with E-state index in [4.69, 9.17) is 0 Å². The van der Waals surface area contributed by atoms with Crippen molar-refractivity contribution in [1.82, 2.24) is 0 Å². The summed E-state index contributed by atoms with van der Waals surface area (Å²) in [7, 11) is 0. The van der Waals surface area contributed by atoms with Crippen LogP contribution < -0.4 is 0 Å². The van der Waals surface area contributed by atoms with Gasteiger partial charge in [0, 0.05) is 5.92 Å². The van der Waals surface area contributed by atoms with Crippen molar-refractivity contribution in [3.63, 3.8) is 0 Å². The largest absolute Gasteiger partial charge is 0.0992 e. The summed E-state index contributed by atoms with van der Waals surface area (Å²) in [5.74, 6) is 0.367. The molecule has 0 heterocycles. The molecule has 0 amide bonds. The van der Waals surface area contributed by atoms with Crippen LogP contribution in [0.2, 0.25) is 0 Å². The average molecular weight is 172 g/mol. The fourth-order valence-corrected chi connectivity index (χ4v) is 1.41. The van der Waals surface area contributed by atoms with Crippen LogP contribution in [0.4, 0.5) is 0 Å². The predicted molar refractivity (Wildman–Crippen MR) is 58.8 cm³/mol. The van der Waals surface area contributed by atoms with Crippen molar-refractivity contribution in [3.8, 4) is 0 Å². The second kappa shape index (κ2) is 4.66. The van der Waals surface area contributed by atoms with Crippen LogP contribution in [0.15, 0.2) is 54.6 Å². The Kier molecular flexibility index (Phi) is 3.51. The highest BCUT2D eigenvalue weighted by atomic mass is 14.1. The first-order chi connectivity index (χ1) is 6.25. The first-order valence-corrected chi connectivity index (χ1v) is 4.59. The van der Waals surface area contributed by atoms with E-state index in [1.165, 1.54) is 11.1 Å². The molecule has 0 aromatic heterocycles. The van der Waals surface area contributed by atoms with Gasteiger partial charge in [-0.05, 0) is 19.4 Å². The molecule has 0 nitrogen and oxygen atoms in total. The van der Waals surface area contributed by atoms with E-state index in [0.29, 0.717) is 5.92 Å². The monoisotopic (exact) mass is 172 g/mol. The molecule has 0 bridgehead atoms. The lowest BCUT2D eigenvalue weighted by atomic mass is 9.93. The van der Waals surface area contributed by atoms with Crippen LogP contribution in [0.5, 0.6) is 0 Å². The van der Waals surface area contributed by atoms with E-state index in [1.807, 2.05) is 13.0 Å². The van der Waals surface area contributed by atoms with Gasteiger partial charge in [-0.25, -0.2) is 0 Å². The Hall–Kier alpha value is -1.30. The highest BCUT2D eigenvalue weighted by molar-refractivity contribution is 5.31. The highest BCUT2D eigenvalue weighted by Gasteiger charge is 2.06. The third kappa shape index (κ3) is 2.59. The quantitative estimate of drug-likeness (QED) is 0.606. The number of rotatable bonds is 3. The van der Waals surface area contributed by atoms with Crippen LogP contribution >= 0.6 is 0 Å². The van der Waals surface area contributed by atoms with Gasteiger partial charge in [-0.15, -0.1) is 0 Å². The van der Waals surface area contributed by atoms with Crippen molar-refractivity contribution in [2.45, 2.75) is 19.8 Å². The van der Waals surface area contributed by atoms with Gasteiger partial charge in [0.05, 0.1) is 0 Å². The third-order valence-electron chi connectivity index (χ3n) is 2.07. The molecule has 0 saturated heterocycles. The summed E-state index contributed by atoms with van der Waals surface area (Å²) < 4.78 is 0. The minimum Gasteiger partial charge on any atom is -0.0992 e. The van der Waals surface area contributed by atoms with Gasteiger partial charge in [-0.1, -0.05) is 54.6 Å². The summed E-state index contributed by atoms with van der Waals surface area (Å²) in [6.45, 7) is 8.11. The Labute approximate surface area is 80.6 Å². The van der Waals surface area contributed by atoms with Crippen LogP contribution in [-0.4, -0.2) is 0 Å². The summed E-state index contributed by atoms with van der Waals surface area (Å²) in [6.07, 6.45) is 4.25. The van der Waals surface area contributed by atoms with E-state index in [9.17, 15) is 0 Å². The van der Waals surface area contributed by atoms with Crippen LogP contribution in [-0.2, 0) is 0 Å².